The van der Waals surface area contributed by atoms with Crippen molar-refractivity contribution in [3.05, 3.63) is 59.7 Å². The molecule has 0 saturated carbocycles. The predicted octanol–water partition coefficient (Wildman–Crippen LogP) is 3.22. The number of rotatable bonds is 5. The highest BCUT2D eigenvalue weighted by atomic mass is 16.5. The van der Waals surface area contributed by atoms with Gasteiger partial charge in [0.25, 0.3) is 0 Å². The molecule has 0 unspecified atom stereocenters. The third kappa shape index (κ3) is 3.26. The molecular weight excluding hydrogens is 236 g/mol. The molecule has 1 N–H and O–H groups in total. The zero-order valence-corrected chi connectivity index (χ0v) is 10.9. The van der Waals surface area contributed by atoms with Gasteiger partial charge in [-0.05, 0) is 30.2 Å². The van der Waals surface area contributed by atoms with E-state index < -0.39 is 0 Å². The average molecular weight is 252 g/mol. The van der Waals surface area contributed by atoms with Gasteiger partial charge in [-0.1, -0.05) is 30.3 Å². The molecule has 19 heavy (non-hydrogen) atoms. The van der Waals surface area contributed by atoms with Gasteiger partial charge in [0.1, 0.15) is 11.8 Å². The first-order valence-corrected chi connectivity index (χ1v) is 6.20. The Bertz CT molecular complexity index is 587. The molecule has 0 aliphatic heterocycles. The quantitative estimate of drug-likeness (QED) is 0.888. The summed E-state index contributed by atoms with van der Waals surface area (Å²) >= 11 is 0. The zero-order valence-electron chi connectivity index (χ0n) is 10.9. The van der Waals surface area contributed by atoms with Crippen molar-refractivity contribution in [2.75, 3.05) is 19.0 Å². The molecule has 2 aromatic carbocycles. The summed E-state index contributed by atoms with van der Waals surface area (Å²) in [5.41, 5.74) is 2.70. The number of nitrogens with zero attached hydrogens (tertiary/aromatic N) is 1. The van der Waals surface area contributed by atoms with Crippen LogP contribution >= 0.6 is 0 Å². The van der Waals surface area contributed by atoms with Crippen molar-refractivity contribution < 1.29 is 4.74 Å². The second kappa shape index (κ2) is 6.46. The minimum atomic E-state index is 0.669. The number of para-hydroxylation sites is 2. The van der Waals surface area contributed by atoms with Crippen molar-refractivity contribution in [3.63, 3.8) is 0 Å². The maximum Gasteiger partial charge on any atom is 0.122 e. The summed E-state index contributed by atoms with van der Waals surface area (Å²) in [4.78, 5) is 0. The van der Waals surface area contributed by atoms with Crippen LogP contribution in [0.4, 0.5) is 5.69 Å². The molecule has 0 amide bonds. The van der Waals surface area contributed by atoms with Crippen molar-refractivity contribution in [2.45, 2.75) is 6.42 Å². The Morgan fingerprint density at radius 1 is 1.11 bits per heavy atom. The third-order valence-electron chi connectivity index (χ3n) is 2.95. The van der Waals surface area contributed by atoms with Gasteiger partial charge in [-0.15, -0.1) is 0 Å². The molecule has 0 saturated heterocycles. The second-order valence-electron chi connectivity index (χ2n) is 4.15. The van der Waals surface area contributed by atoms with Gasteiger partial charge in [-0.2, -0.15) is 5.26 Å². The Morgan fingerprint density at radius 2 is 1.84 bits per heavy atom. The van der Waals surface area contributed by atoms with Crippen molar-refractivity contribution in [2.24, 2.45) is 0 Å². The van der Waals surface area contributed by atoms with Crippen LogP contribution in [0.15, 0.2) is 48.5 Å². The van der Waals surface area contributed by atoms with Crippen molar-refractivity contribution in [1.29, 1.82) is 5.26 Å². The van der Waals surface area contributed by atoms with Gasteiger partial charge in [0.2, 0.25) is 0 Å². The van der Waals surface area contributed by atoms with Gasteiger partial charge in [0.05, 0.1) is 18.4 Å². The third-order valence-corrected chi connectivity index (χ3v) is 2.95. The fraction of sp³-hybridized carbons (Fsp3) is 0.188. The number of anilines is 1. The Kier molecular flexibility index (Phi) is 4.41. The van der Waals surface area contributed by atoms with Gasteiger partial charge in [0.15, 0.2) is 0 Å². The molecule has 0 fully saturated rings. The molecule has 0 radical (unpaired) electrons. The lowest BCUT2D eigenvalue weighted by molar-refractivity contribution is 0.410. The van der Waals surface area contributed by atoms with Gasteiger partial charge < -0.3 is 10.1 Å². The summed E-state index contributed by atoms with van der Waals surface area (Å²) in [5, 5.41) is 12.3. The summed E-state index contributed by atoms with van der Waals surface area (Å²) in [6, 6.07) is 17.7. The molecule has 2 rings (SSSR count). The van der Waals surface area contributed by atoms with E-state index in [4.69, 9.17) is 10.00 Å². The van der Waals surface area contributed by atoms with Crippen LogP contribution in [0.25, 0.3) is 0 Å². The number of hydrogen-bond donors (Lipinski definition) is 1. The molecule has 0 aliphatic rings. The van der Waals surface area contributed by atoms with Crippen molar-refractivity contribution in [1.82, 2.24) is 0 Å². The van der Waals surface area contributed by atoms with Crippen LogP contribution in [-0.2, 0) is 6.42 Å². The van der Waals surface area contributed by atoms with E-state index in [1.165, 1.54) is 0 Å². The Labute approximate surface area is 113 Å². The fourth-order valence-electron chi connectivity index (χ4n) is 1.98. The fourth-order valence-corrected chi connectivity index (χ4v) is 1.98. The van der Waals surface area contributed by atoms with Crippen molar-refractivity contribution >= 4 is 5.69 Å². The minimum Gasteiger partial charge on any atom is -0.496 e. The Hall–Kier alpha value is -2.47. The lowest BCUT2D eigenvalue weighted by Crippen LogP contribution is -2.07. The number of benzene rings is 2. The minimum absolute atomic E-state index is 0.669. The molecule has 0 aromatic heterocycles. The summed E-state index contributed by atoms with van der Waals surface area (Å²) in [6.45, 7) is 0.763. The molecule has 3 heteroatoms. The predicted molar refractivity (Wildman–Crippen MR) is 76.3 cm³/mol. The lowest BCUT2D eigenvalue weighted by Gasteiger charge is -2.10. The number of nitrogens with one attached hydrogen (secondary N) is 1. The first kappa shape index (κ1) is 13.0. The van der Waals surface area contributed by atoms with E-state index in [-0.39, 0.29) is 0 Å². The van der Waals surface area contributed by atoms with Crippen LogP contribution in [-0.4, -0.2) is 13.7 Å². The van der Waals surface area contributed by atoms with Gasteiger partial charge in [0, 0.05) is 6.54 Å². The summed E-state index contributed by atoms with van der Waals surface area (Å²) in [6.07, 6.45) is 0.851. The summed E-state index contributed by atoms with van der Waals surface area (Å²) < 4.78 is 5.31. The standard InChI is InChI=1S/C16H16N2O/c1-19-16-9-5-3-6-13(16)10-11-18-15-8-4-2-7-14(15)12-17/h2-9,18H,10-11H2,1H3. The SMILES string of the molecule is COc1ccccc1CCNc1ccccc1C#N. The van der Waals surface area contributed by atoms with E-state index >= 15 is 0 Å². The molecule has 0 atom stereocenters. The second-order valence-corrected chi connectivity index (χ2v) is 4.15. The van der Waals surface area contributed by atoms with E-state index in [1.54, 1.807) is 7.11 Å². The largest absolute Gasteiger partial charge is 0.496 e. The molecule has 0 bridgehead atoms. The molecule has 0 aliphatic carbocycles. The maximum atomic E-state index is 9.01. The van der Waals surface area contributed by atoms with Crippen LogP contribution in [0, 0.1) is 11.3 Å². The first-order valence-electron chi connectivity index (χ1n) is 6.20. The van der Waals surface area contributed by atoms with E-state index in [0.29, 0.717) is 5.56 Å². The molecule has 0 heterocycles. The number of nitriles is 1. The van der Waals surface area contributed by atoms with Crippen LogP contribution in [0.2, 0.25) is 0 Å². The Balaban J connectivity index is 1.99. The van der Waals surface area contributed by atoms with Crippen LogP contribution in [0.3, 0.4) is 0 Å². The number of hydrogen-bond acceptors (Lipinski definition) is 3. The monoisotopic (exact) mass is 252 g/mol. The van der Waals surface area contributed by atoms with E-state index in [2.05, 4.69) is 17.5 Å². The average Bonchev–Trinajstić information content (AvgIpc) is 2.48. The molecule has 3 nitrogen and oxygen atoms in total. The van der Waals surface area contributed by atoms with Crippen LogP contribution in [0.5, 0.6) is 5.75 Å². The molecule has 2 aromatic rings. The summed E-state index contributed by atoms with van der Waals surface area (Å²) in [7, 11) is 1.68. The van der Waals surface area contributed by atoms with Gasteiger partial charge in [-0.3, -0.25) is 0 Å². The maximum absolute atomic E-state index is 9.01. The van der Waals surface area contributed by atoms with E-state index in [9.17, 15) is 0 Å². The zero-order chi connectivity index (χ0) is 13.5. The highest BCUT2D eigenvalue weighted by molar-refractivity contribution is 5.57. The van der Waals surface area contributed by atoms with Crippen LogP contribution < -0.4 is 10.1 Å². The smallest absolute Gasteiger partial charge is 0.122 e. The van der Waals surface area contributed by atoms with Gasteiger partial charge in [-0.25, -0.2) is 0 Å². The van der Waals surface area contributed by atoms with E-state index in [1.807, 2.05) is 42.5 Å². The number of ether oxygens (including phenoxy) is 1. The molecular formula is C16H16N2O. The van der Waals surface area contributed by atoms with E-state index in [0.717, 1.165) is 30.0 Å². The van der Waals surface area contributed by atoms with Crippen LogP contribution in [0.1, 0.15) is 11.1 Å². The van der Waals surface area contributed by atoms with Crippen molar-refractivity contribution in [3.8, 4) is 11.8 Å². The first-order chi connectivity index (χ1) is 9.35. The molecule has 96 valence electrons. The highest BCUT2D eigenvalue weighted by Gasteiger charge is 2.03. The normalized spacial score (nSPS) is 9.68. The molecule has 0 spiro atoms. The summed E-state index contributed by atoms with van der Waals surface area (Å²) in [5.74, 6) is 0.901. The lowest BCUT2D eigenvalue weighted by atomic mass is 10.1. The number of methoxy groups -OCH3 is 1. The Morgan fingerprint density at radius 3 is 2.63 bits per heavy atom. The highest BCUT2D eigenvalue weighted by Crippen LogP contribution is 2.18. The van der Waals surface area contributed by atoms with Gasteiger partial charge >= 0.3 is 0 Å². The topological polar surface area (TPSA) is 45.0 Å².